The van der Waals surface area contributed by atoms with Gasteiger partial charge in [-0.2, -0.15) is 4.31 Å². The lowest BCUT2D eigenvalue weighted by Crippen LogP contribution is -2.48. The van der Waals surface area contributed by atoms with Crippen LogP contribution < -0.4 is 0 Å². The number of hydrogen-bond acceptors (Lipinski definition) is 4. The Labute approximate surface area is 145 Å². The van der Waals surface area contributed by atoms with E-state index in [2.05, 4.69) is 11.8 Å². The molecular formula is C17H27N3O3S. The van der Waals surface area contributed by atoms with Gasteiger partial charge >= 0.3 is 0 Å². The van der Waals surface area contributed by atoms with Crippen LogP contribution in [0.1, 0.15) is 31.1 Å². The van der Waals surface area contributed by atoms with Crippen LogP contribution in [0, 0.1) is 0 Å². The molecule has 1 aliphatic rings. The van der Waals surface area contributed by atoms with Crippen molar-refractivity contribution in [1.29, 1.82) is 0 Å². The van der Waals surface area contributed by atoms with Gasteiger partial charge in [0.25, 0.3) is 5.91 Å². The van der Waals surface area contributed by atoms with Crippen molar-refractivity contribution in [2.45, 2.75) is 25.7 Å². The number of likely N-dealkylation sites (N-methyl/N-ethyl adjacent to an activating group) is 1. The van der Waals surface area contributed by atoms with Crippen molar-refractivity contribution in [2.75, 3.05) is 45.8 Å². The van der Waals surface area contributed by atoms with Gasteiger partial charge in [-0.15, -0.1) is 0 Å². The van der Waals surface area contributed by atoms with Gasteiger partial charge in [0.1, 0.15) is 0 Å². The third-order valence-electron chi connectivity index (χ3n) is 4.57. The lowest BCUT2D eigenvalue weighted by Gasteiger charge is -2.33. The lowest BCUT2D eigenvalue weighted by atomic mass is 10.2. The van der Waals surface area contributed by atoms with E-state index in [1.54, 1.807) is 17.0 Å². The van der Waals surface area contributed by atoms with E-state index < -0.39 is 10.0 Å². The van der Waals surface area contributed by atoms with Gasteiger partial charge in [-0.1, -0.05) is 6.92 Å². The van der Waals surface area contributed by atoms with Crippen LogP contribution in [0.2, 0.25) is 0 Å². The maximum Gasteiger partial charge on any atom is 0.253 e. The smallest absolute Gasteiger partial charge is 0.253 e. The predicted molar refractivity (Wildman–Crippen MR) is 94.6 cm³/mol. The largest absolute Gasteiger partial charge is 0.339 e. The Morgan fingerprint density at radius 1 is 1.00 bits per heavy atom. The van der Waals surface area contributed by atoms with Crippen molar-refractivity contribution in [2.24, 2.45) is 0 Å². The quantitative estimate of drug-likeness (QED) is 0.777. The zero-order valence-electron chi connectivity index (χ0n) is 14.7. The van der Waals surface area contributed by atoms with Gasteiger partial charge in [-0.3, -0.25) is 4.79 Å². The first-order chi connectivity index (χ1) is 11.4. The van der Waals surface area contributed by atoms with E-state index in [0.29, 0.717) is 31.7 Å². The molecule has 0 atom stereocenters. The maximum atomic E-state index is 12.7. The molecule has 0 aliphatic carbocycles. The van der Waals surface area contributed by atoms with Crippen molar-refractivity contribution < 1.29 is 13.2 Å². The Hall–Kier alpha value is -1.44. The second-order valence-electron chi connectivity index (χ2n) is 5.84. The molecular weight excluding hydrogens is 326 g/mol. The van der Waals surface area contributed by atoms with Crippen molar-refractivity contribution in [3.05, 3.63) is 29.8 Å². The van der Waals surface area contributed by atoms with Crippen LogP contribution in [0.4, 0.5) is 0 Å². The van der Waals surface area contributed by atoms with Gasteiger partial charge in [0.15, 0.2) is 0 Å². The van der Waals surface area contributed by atoms with Crippen molar-refractivity contribution in [3.8, 4) is 0 Å². The average Bonchev–Trinajstić information content (AvgIpc) is 2.62. The standard InChI is InChI=1S/C17H27N3O3S/c1-4-18-11-13-20(14-12-18)24(22,23)16-9-7-15(8-10-16)17(21)19(5-2)6-3/h7-10H,4-6,11-14H2,1-3H3. The van der Waals surface area contributed by atoms with Gasteiger partial charge < -0.3 is 9.80 Å². The normalized spacial score (nSPS) is 17.0. The number of sulfonamides is 1. The molecule has 0 bridgehead atoms. The second-order valence-corrected chi connectivity index (χ2v) is 7.78. The minimum absolute atomic E-state index is 0.0690. The first-order valence-electron chi connectivity index (χ1n) is 8.55. The summed E-state index contributed by atoms with van der Waals surface area (Å²) >= 11 is 0. The topological polar surface area (TPSA) is 60.9 Å². The highest BCUT2D eigenvalue weighted by atomic mass is 32.2. The van der Waals surface area contributed by atoms with Gasteiger partial charge in [-0.25, -0.2) is 8.42 Å². The van der Waals surface area contributed by atoms with E-state index in [9.17, 15) is 13.2 Å². The molecule has 134 valence electrons. The number of piperazine rings is 1. The molecule has 0 N–H and O–H groups in total. The molecule has 1 aromatic rings. The summed E-state index contributed by atoms with van der Waals surface area (Å²) in [5, 5.41) is 0. The van der Waals surface area contributed by atoms with E-state index in [4.69, 9.17) is 0 Å². The van der Waals surface area contributed by atoms with Gasteiger partial charge in [0, 0.05) is 44.8 Å². The van der Waals surface area contributed by atoms with Gasteiger partial charge in [-0.05, 0) is 44.7 Å². The number of rotatable bonds is 6. The summed E-state index contributed by atoms with van der Waals surface area (Å²) in [6.45, 7) is 10.7. The number of carbonyl (C=O) groups is 1. The maximum absolute atomic E-state index is 12.7. The summed E-state index contributed by atoms with van der Waals surface area (Å²) in [5.74, 6) is -0.0690. The molecule has 0 unspecified atom stereocenters. The molecule has 1 aromatic carbocycles. The van der Waals surface area contributed by atoms with Crippen molar-refractivity contribution >= 4 is 15.9 Å². The molecule has 7 heteroatoms. The van der Waals surface area contributed by atoms with E-state index in [0.717, 1.165) is 19.6 Å². The van der Waals surface area contributed by atoms with E-state index in [1.165, 1.54) is 16.4 Å². The molecule has 1 amide bonds. The molecule has 1 heterocycles. The SMILES string of the molecule is CCN1CCN(S(=O)(=O)c2ccc(C(=O)N(CC)CC)cc2)CC1. The van der Waals surface area contributed by atoms with Crippen LogP contribution in [-0.4, -0.2) is 74.2 Å². The fraction of sp³-hybridized carbons (Fsp3) is 0.588. The molecule has 0 spiro atoms. The van der Waals surface area contributed by atoms with Crippen molar-refractivity contribution in [1.82, 2.24) is 14.1 Å². The average molecular weight is 353 g/mol. The highest BCUT2D eigenvalue weighted by molar-refractivity contribution is 7.89. The zero-order valence-corrected chi connectivity index (χ0v) is 15.6. The van der Waals surface area contributed by atoms with Crippen LogP contribution >= 0.6 is 0 Å². The molecule has 0 aromatic heterocycles. The fourth-order valence-corrected chi connectivity index (χ4v) is 4.32. The highest BCUT2D eigenvalue weighted by Crippen LogP contribution is 2.19. The summed E-state index contributed by atoms with van der Waals surface area (Å²) < 4.78 is 27.0. The van der Waals surface area contributed by atoms with Crippen LogP contribution in [0.5, 0.6) is 0 Å². The minimum atomic E-state index is -3.49. The Morgan fingerprint density at radius 3 is 2.00 bits per heavy atom. The Morgan fingerprint density at radius 2 is 1.54 bits per heavy atom. The van der Waals surface area contributed by atoms with Gasteiger partial charge in [0.2, 0.25) is 10.0 Å². The summed E-state index contributed by atoms with van der Waals surface area (Å²) in [7, 11) is -3.49. The highest BCUT2D eigenvalue weighted by Gasteiger charge is 2.28. The number of amides is 1. The molecule has 1 saturated heterocycles. The lowest BCUT2D eigenvalue weighted by molar-refractivity contribution is 0.0773. The van der Waals surface area contributed by atoms with Crippen LogP contribution in [0.15, 0.2) is 29.2 Å². The molecule has 24 heavy (non-hydrogen) atoms. The number of hydrogen-bond donors (Lipinski definition) is 0. The molecule has 1 aliphatic heterocycles. The molecule has 1 fully saturated rings. The number of nitrogens with zero attached hydrogens (tertiary/aromatic N) is 3. The summed E-state index contributed by atoms with van der Waals surface area (Å²) in [5.41, 5.74) is 0.522. The Kier molecular flexibility index (Phi) is 6.37. The summed E-state index contributed by atoms with van der Waals surface area (Å²) in [6, 6.07) is 6.29. The zero-order chi connectivity index (χ0) is 17.7. The first kappa shape index (κ1) is 18.9. The van der Waals surface area contributed by atoms with Crippen LogP contribution in [0.25, 0.3) is 0 Å². The first-order valence-corrected chi connectivity index (χ1v) is 9.99. The van der Waals surface area contributed by atoms with Crippen LogP contribution in [0.3, 0.4) is 0 Å². The minimum Gasteiger partial charge on any atom is -0.339 e. The number of carbonyl (C=O) groups excluding carboxylic acids is 1. The van der Waals surface area contributed by atoms with Crippen molar-refractivity contribution in [3.63, 3.8) is 0 Å². The van der Waals surface area contributed by atoms with Crippen LogP contribution in [-0.2, 0) is 10.0 Å². The van der Waals surface area contributed by atoms with Gasteiger partial charge in [0.05, 0.1) is 4.90 Å². The third-order valence-corrected chi connectivity index (χ3v) is 6.48. The fourth-order valence-electron chi connectivity index (χ4n) is 2.90. The third kappa shape index (κ3) is 3.96. The molecule has 2 rings (SSSR count). The number of benzene rings is 1. The summed E-state index contributed by atoms with van der Waals surface area (Å²) in [4.78, 5) is 16.5. The summed E-state index contributed by atoms with van der Waals surface area (Å²) in [6.07, 6.45) is 0. The predicted octanol–water partition coefficient (Wildman–Crippen LogP) is 1.49. The Balaban J connectivity index is 2.13. The van der Waals surface area contributed by atoms with E-state index >= 15 is 0 Å². The molecule has 0 saturated carbocycles. The van der Waals surface area contributed by atoms with E-state index in [1.807, 2.05) is 13.8 Å². The molecule has 6 nitrogen and oxygen atoms in total. The second kappa shape index (κ2) is 8.09. The monoisotopic (exact) mass is 353 g/mol. The Bertz CT molecular complexity index is 646. The van der Waals surface area contributed by atoms with E-state index in [-0.39, 0.29) is 10.8 Å². The molecule has 0 radical (unpaired) electrons.